The second-order valence-corrected chi connectivity index (χ2v) is 6.05. The number of primary amides is 1. The third-order valence-corrected chi connectivity index (χ3v) is 4.36. The summed E-state index contributed by atoms with van der Waals surface area (Å²) in [5.41, 5.74) is 5.24. The van der Waals surface area contributed by atoms with Crippen LogP contribution < -0.4 is 11.1 Å². The van der Waals surface area contributed by atoms with E-state index in [4.69, 9.17) is 5.73 Å². The molecule has 0 bridgehead atoms. The minimum atomic E-state index is -0.788. The maximum atomic E-state index is 13.9. The van der Waals surface area contributed by atoms with Crippen LogP contribution in [0.3, 0.4) is 0 Å². The average molecular weight is 359 g/mol. The van der Waals surface area contributed by atoms with Crippen LogP contribution in [-0.4, -0.2) is 16.8 Å². The summed E-state index contributed by atoms with van der Waals surface area (Å²) in [6.07, 6.45) is 1.29. The Morgan fingerprint density at radius 1 is 1.08 bits per heavy atom. The molecule has 0 fully saturated rings. The van der Waals surface area contributed by atoms with Crippen LogP contribution in [0.4, 0.5) is 14.5 Å². The van der Waals surface area contributed by atoms with Crippen LogP contribution in [0, 0.1) is 11.6 Å². The van der Waals surface area contributed by atoms with Gasteiger partial charge in [-0.2, -0.15) is 0 Å². The SMILES string of the molecule is NC(=O)c1ccc(NC(=O)c2cnc(-c3ccccc3F)s2)c(F)c1. The van der Waals surface area contributed by atoms with Gasteiger partial charge in [0.05, 0.1) is 11.9 Å². The average Bonchev–Trinajstić information content (AvgIpc) is 3.07. The number of nitrogens with one attached hydrogen (secondary N) is 1. The molecule has 0 saturated carbocycles. The topological polar surface area (TPSA) is 85.1 Å². The van der Waals surface area contributed by atoms with E-state index in [-0.39, 0.29) is 21.7 Å². The molecule has 25 heavy (non-hydrogen) atoms. The van der Waals surface area contributed by atoms with Crippen molar-refractivity contribution in [1.29, 1.82) is 0 Å². The molecule has 1 heterocycles. The van der Waals surface area contributed by atoms with Crippen molar-refractivity contribution in [2.24, 2.45) is 5.73 Å². The van der Waals surface area contributed by atoms with Crippen LogP contribution in [0.1, 0.15) is 20.0 Å². The van der Waals surface area contributed by atoms with Crippen molar-refractivity contribution in [2.45, 2.75) is 0 Å². The molecule has 0 unspecified atom stereocenters. The zero-order valence-electron chi connectivity index (χ0n) is 12.6. The van der Waals surface area contributed by atoms with Crippen LogP contribution >= 0.6 is 11.3 Å². The molecule has 0 aliphatic rings. The first kappa shape index (κ1) is 16.7. The summed E-state index contributed by atoms with van der Waals surface area (Å²) in [5.74, 6) is -2.60. The fourth-order valence-electron chi connectivity index (χ4n) is 2.09. The molecule has 1 aromatic heterocycles. The Kier molecular flexibility index (Phi) is 4.53. The number of carbonyl (C=O) groups is 2. The van der Waals surface area contributed by atoms with E-state index in [9.17, 15) is 18.4 Å². The molecular formula is C17H11F2N3O2S. The fourth-order valence-corrected chi connectivity index (χ4v) is 2.93. The van der Waals surface area contributed by atoms with Crippen molar-refractivity contribution in [3.05, 3.63) is 70.7 Å². The Hall–Kier alpha value is -3.13. The van der Waals surface area contributed by atoms with Gasteiger partial charge in [-0.05, 0) is 30.3 Å². The van der Waals surface area contributed by atoms with Crippen LogP contribution in [0.25, 0.3) is 10.6 Å². The molecule has 2 aromatic carbocycles. The Morgan fingerprint density at radius 3 is 2.52 bits per heavy atom. The van der Waals surface area contributed by atoms with Gasteiger partial charge in [0.25, 0.3) is 5.91 Å². The molecular weight excluding hydrogens is 348 g/mol. The third kappa shape index (κ3) is 3.53. The Bertz CT molecular complexity index is 972. The number of amides is 2. The number of rotatable bonds is 4. The molecule has 0 aliphatic carbocycles. The minimum Gasteiger partial charge on any atom is -0.366 e. The van der Waals surface area contributed by atoms with Gasteiger partial charge < -0.3 is 11.1 Å². The van der Waals surface area contributed by atoms with Gasteiger partial charge in [-0.25, -0.2) is 13.8 Å². The van der Waals surface area contributed by atoms with Gasteiger partial charge in [0.15, 0.2) is 0 Å². The van der Waals surface area contributed by atoms with Gasteiger partial charge in [-0.1, -0.05) is 12.1 Å². The number of nitrogens with zero attached hydrogens (tertiary/aromatic N) is 1. The van der Waals surface area contributed by atoms with Gasteiger partial charge in [0, 0.05) is 11.1 Å². The molecule has 0 radical (unpaired) electrons. The lowest BCUT2D eigenvalue weighted by atomic mass is 10.2. The Labute approximate surface area is 145 Å². The Morgan fingerprint density at radius 2 is 1.84 bits per heavy atom. The van der Waals surface area contributed by atoms with E-state index in [1.165, 1.54) is 24.4 Å². The van der Waals surface area contributed by atoms with E-state index in [1.807, 2.05) is 0 Å². The van der Waals surface area contributed by atoms with Crippen molar-refractivity contribution < 1.29 is 18.4 Å². The lowest BCUT2D eigenvalue weighted by Crippen LogP contribution is -2.14. The Balaban J connectivity index is 1.81. The van der Waals surface area contributed by atoms with Crippen LogP contribution in [-0.2, 0) is 0 Å². The standard InChI is InChI=1S/C17H11F2N3O2S/c18-11-4-2-1-3-10(11)17-21-8-14(25-17)16(24)22-13-6-5-9(15(20)23)7-12(13)19/h1-8H,(H2,20,23)(H,22,24). The number of nitrogens with two attached hydrogens (primary N) is 1. The van der Waals surface area contributed by atoms with Gasteiger partial charge in [-0.15, -0.1) is 11.3 Å². The van der Waals surface area contributed by atoms with Gasteiger partial charge in [0.1, 0.15) is 21.5 Å². The summed E-state index contributed by atoms with van der Waals surface area (Å²) >= 11 is 0.982. The smallest absolute Gasteiger partial charge is 0.267 e. The molecule has 3 N–H and O–H groups in total. The van der Waals surface area contributed by atoms with Crippen molar-refractivity contribution in [3.63, 3.8) is 0 Å². The molecule has 0 atom stereocenters. The molecule has 3 aromatic rings. The molecule has 2 amide bonds. The zero-order chi connectivity index (χ0) is 18.0. The third-order valence-electron chi connectivity index (χ3n) is 3.34. The van der Waals surface area contributed by atoms with E-state index in [1.54, 1.807) is 18.2 Å². The summed E-state index contributed by atoms with van der Waals surface area (Å²) in [7, 11) is 0. The molecule has 0 spiro atoms. The first-order chi connectivity index (χ1) is 12.0. The maximum Gasteiger partial charge on any atom is 0.267 e. The van der Waals surface area contributed by atoms with Crippen molar-refractivity contribution >= 4 is 28.8 Å². The maximum absolute atomic E-state index is 13.9. The summed E-state index contributed by atoms with van der Waals surface area (Å²) in [5, 5.41) is 2.72. The summed E-state index contributed by atoms with van der Waals surface area (Å²) in [6, 6.07) is 9.55. The van der Waals surface area contributed by atoms with E-state index in [0.717, 1.165) is 17.4 Å². The highest BCUT2D eigenvalue weighted by molar-refractivity contribution is 7.17. The molecule has 0 aliphatic heterocycles. The number of thiazole rings is 1. The quantitative estimate of drug-likeness (QED) is 0.748. The van der Waals surface area contributed by atoms with Crippen LogP contribution in [0.15, 0.2) is 48.7 Å². The minimum absolute atomic E-state index is 0.00451. The lowest BCUT2D eigenvalue weighted by Gasteiger charge is -2.05. The number of carbonyl (C=O) groups excluding carboxylic acids is 2. The number of anilines is 1. The fraction of sp³-hybridized carbons (Fsp3) is 0. The number of benzene rings is 2. The normalized spacial score (nSPS) is 10.5. The predicted molar refractivity (Wildman–Crippen MR) is 90.4 cm³/mol. The molecule has 8 heteroatoms. The monoisotopic (exact) mass is 359 g/mol. The number of hydrogen-bond donors (Lipinski definition) is 2. The first-order valence-electron chi connectivity index (χ1n) is 7.07. The van der Waals surface area contributed by atoms with Gasteiger partial charge in [0.2, 0.25) is 5.91 Å². The summed E-state index contributed by atoms with van der Waals surface area (Å²) < 4.78 is 27.7. The zero-order valence-corrected chi connectivity index (χ0v) is 13.4. The number of hydrogen-bond acceptors (Lipinski definition) is 4. The largest absolute Gasteiger partial charge is 0.366 e. The van der Waals surface area contributed by atoms with Gasteiger partial charge >= 0.3 is 0 Å². The second-order valence-electron chi connectivity index (χ2n) is 5.02. The van der Waals surface area contributed by atoms with Crippen molar-refractivity contribution in [1.82, 2.24) is 4.98 Å². The van der Waals surface area contributed by atoms with Crippen molar-refractivity contribution in [3.8, 4) is 10.6 Å². The summed E-state index contributed by atoms with van der Waals surface area (Å²) in [4.78, 5) is 27.4. The van der Waals surface area contributed by atoms with Crippen molar-refractivity contribution in [2.75, 3.05) is 5.32 Å². The molecule has 0 saturated heterocycles. The van der Waals surface area contributed by atoms with E-state index in [2.05, 4.69) is 10.3 Å². The number of aromatic nitrogens is 1. The van der Waals surface area contributed by atoms with E-state index >= 15 is 0 Å². The summed E-state index contributed by atoms with van der Waals surface area (Å²) in [6.45, 7) is 0. The highest BCUT2D eigenvalue weighted by Crippen LogP contribution is 2.28. The van der Waals surface area contributed by atoms with Crippen LogP contribution in [0.2, 0.25) is 0 Å². The predicted octanol–water partition coefficient (Wildman–Crippen LogP) is 3.44. The first-order valence-corrected chi connectivity index (χ1v) is 7.89. The molecule has 3 rings (SSSR count). The lowest BCUT2D eigenvalue weighted by molar-refractivity contribution is 0.0998. The molecule has 5 nitrogen and oxygen atoms in total. The highest BCUT2D eigenvalue weighted by atomic mass is 32.1. The molecule has 126 valence electrons. The van der Waals surface area contributed by atoms with E-state index in [0.29, 0.717) is 5.01 Å². The van der Waals surface area contributed by atoms with E-state index < -0.39 is 23.4 Å². The highest BCUT2D eigenvalue weighted by Gasteiger charge is 2.16. The second kappa shape index (κ2) is 6.78. The van der Waals surface area contributed by atoms with Gasteiger partial charge in [-0.3, -0.25) is 9.59 Å². The number of halogens is 2. The van der Waals surface area contributed by atoms with Crippen LogP contribution in [0.5, 0.6) is 0 Å².